The maximum absolute atomic E-state index is 12.0. The van der Waals surface area contributed by atoms with Gasteiger partial charge < -0.3 is 5.43 Å². The number of nitrogens with zero attached hydrogens (tertiary/aromatic N) is 1. The van der Waals surface area contributed by atoms with Gasteiger partial charge in [0, 0.05) is 18.8 Å². The zero-order valence-corrected chi connectivity index (χ0v) is 12.2. The number of hydrogen-bond acceptors (Lipinski definition) is 5. The largest absolute Gasteiger partial charge is 0.308 e. The third-order valence-electron chi connectivity index (χ3n) is 2.69. The Morgan fingerprint density at radius 1 is 1.37 bits per heavy atom. The van der Waals surface area contributed by atoms with Gasteiger partial charge >= 0.3 is 0 Å². The molecule has 0 radical (unpaired) electrons. The number of sulfonamides is 1. The topological polar surface area (TPSA) is 97.1 Å². The highest BCUT2D eigenvalue weighted by Gasteiger charge is 2.13. The van der Waals surface area contributed by atoms with Crippen LogP contribution in [0.4, 0.5) is 5.82 Å². The van der Waals surface area contributed by atoms with Crippen LogP contribution in [0.1, 0.15) is 33.1 Å². The molecule has 7 heteroatoms. The molecule has 1 aromatic heterocycles. The molecule has 0 spiro atoms. The average molecular weight is 286 g/mol. The SMILES string of the molecule is CC(C)CCCCNS(=O)(=O)c1ccnc(NN)c1. The van der Waals surface area contributed by atoms with Crippen LogP contribution in [-0.4, -0.2) is 19.9 Å². The summed E-state index contributed by atoms with van der Waals surface area (Å²) in [6.07, 6.45) is 4.37. The molecule has 108 valence electrons. The van der Waals surface area contributed by atoms with E-state index in [4.69, 9.17) is 5.84 Å². The van der Waals surface area contributed by atoms with Crippen molar-refractivity contribution in [2.24, 2.45) is 11.8 Å². The van der Waals surface area contributed by atoms with E-state index in [1.165, 1.54) is 18.3 Å². The van der Waals surface area contributed by atoms with E-state index in [0.717, 1.165) is 19.3 Å². The van der Waals surface area contributed by atoms with E-state index in [-0.39, 0.29) is 4.90 Å². The number of hydrogen-bond donors (Lipinski definition) is 3. The zero-order valence-electron chi connectivity index (χ0n) is 11.4. The van der Waals surface area contributed by atoms with Crippen molar-refractivity contribution in [1.29, 1.82) is 0 Å². The number of nitrogens with one attached hydrogen (secondary N) is 2. The fourth-order valence-corrected chi connectivity index (χ4v) is 2.71. The highest BCUT2D eigenvalue weighted by Crippen LogP contribution is 2.12. The van der Waals surface area contributed by atoms with Crippen molar-refractivity contribution >= 4 is 15.8 Å². The molecule has 0 aromatic carbocycles. The number of pyridine rings is 1. The Bertz CT molecular complexity index is 488. The van der Waals surface area contributed by atoms with E-state index in [9.17, 15) is 8.42 Å². The number of aromatic nitrogens is 1. The van der Waals surface area contributed by atoms with Gasteiger partial charge in [0.05, 0.1) is 4.90 Å². The Hall–Kier alpha value is -1.18. The van der Waals surface area contributed by atoms with Gasteiger partial charge in [-0.2, -0.15) is 0 Å². The van der Waals surface area contributed by atoms with Gasteiger partial charge in [-0.3, -0.25) is 0 Å². The van der Waals surface area contributed by atoms with Crippen molar-refractivity contribution in [3.8, 4) is 0 Å². The molecule has 19 heavy (non-hydrogen) atoms. The first-order chi connectivity index (χ1) is 8.95. The summed E-state index contributed by atoms with van der Waals surface area (Å²) in [7, 11) is -3.48. The highest BCUT2D eigenvalue weighted by molar-refractivity contribution is 7.89. The summed E-state index contributed by atoms with van der Waals surface area (Å²) < 4.78 is 26.6. The van der Waals surface area contributed by atoms with Crippen LogP contribution in [0.3, 0.4) is 0 Å². The molecular weight excluding hydrogens is 264 g/mol. The van der Waals surface area contributed by atoms with Crippen LogP contribution < -0.4 is 16.0 Å². The van der Waals surface area contributed by atoms with Crippen molar-refractivity contribution in [3.63, 3.8) is 0 Å². The van der Waals surface area contributed by atoms with Crippen molar-refractivity contribution in [1.82, 2.24) is 9.71 Å². The molecule has 1 rings (SSSR count). The van der Waals surface area contributed by atoms with Gasteiger partial charge in [0.1, 0.15) is 5.82 Å². The number of anilines is 1. The van der Waals surface area contributed by atoms with E-state index in [1.54, 1.807) is 0 Å². The molecular formula is C12H22N4O2S. The lowest BCUT2D eigenvalue weighted by atomic mass is 10.1. The molecule has 6 nitrogen and oxygen atoms in total. The third-order valence-corrected chi connectivity index (χ3v) is 4.15. The summed E-state index contributed by atoms with van der Waals surface area (Å²) in [6.45, 7) is 4.76. The van der Waals surface area contributed by atoms with E-state index in [1.807, 2.05) is 0 Å². The first-order valence-corrected chi connectivity index (χ1v) is 7.86. The van der Waals surface area contributed by atoms with Gasteiger partial charge in [-0.05, 0) is 18.4 Å². The molecule has 0 aliphatic heterocycles. The average Bonchev–Trinajstić information content (AvgIpc) is 2.38. The lowest BCUT2D eigenvalue weighted by molar-refractivity contribution is 0.530. The van der Waals surface area contributed by atoms with Crippen LogP contribution in [0.5, 0.6) is 0 Å². The Kier molecular flexibility index (Phi) is 6.20. The van der Waals surface area contributed by atoms with Crippen LogP contribution in [0.25, 0.3) is 0 Å². The Balaban J connectivity index is 2.51. The Morgan fingerprint density at radius 2 is 2.11 bits per heavy atom. The molecule has 4 N–H and O–H groups in total. The number of rotatable bonds is 8. The van der Waals surface area contributed by atoms with E-state index < -0.39 is 10.0 Å². The molecule has 1 heterocycles. The molecule has 0 saturated carbocycles. The van der Waals surface area contributed by atoms with Crippen LogP contribution >= 0.6 is 0 Å². The number of nitrogens with two attached hydrogens (primary N) is 1. The van der Waals surface area contributed by atoms with Crippen LogP contribution in [-0.2, 0) is 10.0 Å². The van der Waals surface area contributed by atoms with Gasteiger partial charge in [-0.15, -0.1) is 0 Å². The second kappa shape index (κ2) is 7.42. The van der Waals surface area contributed by atoms with Crippen LogP contribution in [0.2, 0.25) is 0 Å². The fraction of sp³-hybridized carbons (Fsp3) is 0.583. The Labute approximate surface area is 114 Å². The minimum Gasteiger partial charge on any atom is -0.308 e. The van der Waals surface area contributed by atoms with Gasteiger partial charge in [0.2, 0.25) is 10.0 Å². The molecule has 0 saturated heterocycles. The predicted molar refractivity (Wildman–Crippen MR) is 75.9 cm³/mol. The normalized spacial score (nSPS) is 11.8. The van der Waals surface area contributed by atoms with Gasteiger partial charge in [0.15, 0.2) is 0 Å². The Morgan fingerprint density at radius 3 is 2.74 bits per heavy atom. The summed E-state index contributed by atoms with van der Waals surface area (Å²) in [5.74, 6) is 6.17. The summed E-state index contributed by atoms with van der Waals surface area (Å²) in [6, 6.07) is 2.84. The predicted octanol–water partition coefficient (Wildman–Crippen LogP) is 1.47. The second-order valence-corrected chi connectivity index (χ2v) is 6.58. The van der Waals surface area contributed by atoms with Gasteiger partial charge in [-0.25, -0.2) is 24.0 Å². The number of hydrazine groups is 1. The third kappa shape index (κ3) is 5.54. The minimum absolute atomic E-state index is 0.166. The quantitative estimate of drug-likeness (QED) is 0.382. The van der Waals surface area contributed by atoms with Crippen molar-refractivity contribution in [3.05, 3.63) is 18.3 Å². The van der Waals surface area contributed by atoms with Crippen LogP contribution in [0.15, 0.2) is 23.2 Å². The van der Waals surface area contributed by atoms with Crippen molar-refractivity contribution in [2.75, 3.05) is 12.0 Å². The number of unbranched alkanes of at least 4 members (excludes halogenated alkanes) is 1. The molecule has 0 atom stereocenters. The smallest absolute Gasteiger partial charge is 0.240 e. The van der Waals surface area contributed by atoms with Gasteiger partial charge in [0.25, 0.3) is 0 Å². The standard InChI is InChI=1S/C12H22N4O2S/c1-10(2)5-3-4-7-15-19(17,18)11-6-8-14-12(9-11)16-13/h6,8-10,15H,3-5,7,13H2,1-2H3,(H,14,16). The maximum atomic E-state index is 12.0. The van der Waals surface area contributed by atoms with Crippen LogP contribution in [0, 0.1) is 5.92 Å². The molecule has 0 amide bonds. The molecule has 0 fully saturated rings. The first kappa shape index (κ1) is 15.9. The first-order valence-electron chi connectivity index (χ1n) is 6.38. The van der Waals surface area contributed by atoms with E-state index in [2.05, 4.69) is 29.0 Å². The fourth-order valence-electron chi connectivity index (χ4n) is 1.62. The minimum atomic E-state index is -3.48. The van der Waals surface area contributed by atoms with E-state index >= 15 is 0 Å². The molecule has 1 aromatic rings. The monoisotopic (exact) mass is 286 g/mol. The summed E-state index contributed by atoms with van der Waals surface area (Å²) in [5.41, 5.74) is 2.32. The zero-order chi connectivity index (χ0) is 14.3. The molecule has 0 bridgehead atoms. The van der Waals surface area contributed by atoms with Crippen molar-refractivity contribution < 1.29 is 8.42 Å². The van der Waals surface area contributed by atoms with Gasteiger partial charge in [-0.1, -0.05) is 26.7 Å². The lowest BCUT2D eigenvalue weighted by Crippen LogP contribution is -2.25. The molecule has 0 aliphatic rings. The lowest BCUT2D eigenvalue weighted by Gasteiger charge is -2.08. The van der Waals surface area contributed by atoms with E-state index in [0.29, 0.717) is 18.3 Å². The highest BCUT2D eigenvalue weighted by atomic mass is 32.2. The summed E-state index contributed by atoms with van der Waals surface area (Å²) in [4.78, 5) is 4.04. The molecule has 0 unspecified atom stereocenters. The second-order valence-electron chi connectivity index (χ2n) is 4.81. The molecule has 0 aliphatic carbocycles. The maximum Gasteiger partial charge on any atom is 0.240 e. The van der Waals surface area contributed by atoms with Crippen molar-refractivity contribution in [2.45, 2.75) is 38.0 Å². The number of nitrogen functional groups attached to an aromatic ring is 1. The summed E-state index contributed by atoms with van der Waals surface area (Å²) >= 11 is 0. The summed E-state index contributed by atoms with van der Waals surface area (Å²) in [5, 5.41) is 0.